The molecule has 0 saturated carbocycles. The van der Waals surface area contributed by atoms with E-state index in [-0.39, 0.29) is 16.8 Å². The highest BCUT2D eigenvalue weighted by atomic mass is 32.2. The van der Waals surface area contributed by atoms with Crippen molar-refractivity contribution in [3.8, 4) is 0 Å². The van der Waals surface area contributed by atoms with Crippen molar-refractivity contribution in [2.75, 3.05) is 19.8 Å². The van der Waals surface area contributed by atoms with Gasteiger partial charge in [0.05, 0.1) is 4.90 Å². The van der Waals surface area contributed by atoms with E-state index >= 15 is 0 Å². The van der Waals surface area contributed by atoms with Crippen LogP contribution in [0.25, 0.3) is 0 Å². The highest BCUT2D eigenvalue weighted by Crippen LogP contribution is 2.26. The molecule has 7 heteroatoms. The molecule has 1 amide bonds. The van der Waals surface area contributed by atoms with Crippen molar-refractivity contribution in [2.45, 2.75) is 48.6 Å². The molecule has 156 valence electrons. The molecule has 0 radical (unpaired) electrons. The normalized spacial score (nSPS) is 17.8. The molecule has 5 nitrogen and oxygen atoms in total. The molecule has 2 aromatic carbocycles. The van der Waals surface area contributed by atoms with E-state index in [0.29, 0.717) is 18.7 Å². The van der Waals surface area contributed by atoms with Gasteiger partial charge in [-0.05, 0) is 61.9 Å². The Balaban J connectivity index is 1.77. The Labute approximate surface area is 178 Å². The molecule has 1 heterocycles. The molecule has 0 aromatic heterocycles. The zero-order valence-electron chi connectivity index (χ0n) is 17.2. The van der Waals surface area contributed by atoms with Crippen molar-refractivity contribution in [2.24, 2.45) is 0 Å². The summed E-state index contributed by atoms with van der Waals surface area (Å²) in [7, 11) is -1.86. The van der Waals surface area contributed by atoms with Gasteiger partial charge in [0.15, 0.2) is 0 Å². The molecule has 0 spiro atoms. The van der Waals surface area contributed by atoms with E-state index in [2.05, 4.69) is 0 Å². The highest BCUT2D eigenvalue weighted by Gasteiger charge is 2.31. The molecule has 0 N–H and O–H groups in total. The van der Waals surface area contributed by atoms with E-state index in [1.165, 1.54) is 11.0 Å². The zero-order valence-corrected chi connectivity index (χ0v) is 18.8. The van der Waals surface area contributed by atoms with Crippen molar-refractivity contribution in [1.82, 2.24) is 9.21 Å². The minimum atomic E-state index is -3.60. The maximum Gasteiger partial charge on any atom is 0.253 e. The van der Waals surface area contributed by atoms with Crippen LogP contribution < -0.4 is 0 Å². The number of thioether (sulfide) groups is 1. The van der Waals surface area contributed by atoms with Crippen LogP contribution in [0.4, 0.5) is 0 Å². The van der Waals surface area contributed by atoms with Gasteiger partial charge in [0, 0.05) is 36.6 Å². The zero-order chi connectivity index (χ0) is 21.0. The number of nitrogens with zero attached hydrogens (tertiary/aromatic N) is 2. The monoisotopic (exact) mass is 432 g/mol. The molecule has 0 aliphatic carbocycles. The average molecular weight is 433 g/mol. The van der Waals surface area contributed by atoms with Crippen LogP contribution in [-0.4, -0.2) is 49.4 Å². The summed E-state index contributed by atoms with van der Waals surface area (Å²) >= 11 is 1.67. The van der Waals surface area contributed by atoms with Gasteiger partial charge in [0.2, 0.25) is 10.0 Å². The molecule has 1 fully saturated rings. The van der Waals surface area contributed by atoms with Crippen LogP contribution in [0.15, 0.2) is 58.3 Å². The van der Waals surface area contributed by atoms with Gasteiger partial charge in [-0.2, -0.15) is 4.31 Å². The van der Waals surface area contributed by atoms with Crippen LogP contribution in [-0.2, 0) is 16.6 Å². The fourth-order valence-corrected chi connectivity index (χ4v) is 5.80. The lowest BCUT2D eigenvalue weighted by Crippen LogP contribution is -2.42. The maximum atomic E-state index is 13.1. The first kappa shape index (κ1) is 21.9. The van der Waals surface area contributed by atoms with Crippen molar-refractivity contribution >= 4 is 27.7 Å². The minimum Gasteiger partial charge on any atom is -0.337 e. The van der Waals surface area contributed by atoms with Gasteiger partial charge < -0.3 is 4.90 Å². The highest BCUT2D eigenvalue weighted by molar-refractivity contribution is 7.98. The number of benzene rings is 2. The number of carbonyl (C=O) groups excluding carboxylic acids is 1. The Hall–Kier alpha value is -1.83. The number of sulfonamides is 1. The molecule has 0 bridgehead atoms. The standard InChI is InChI=1S/C22H28N2O3S2/c1-17-7-4-5-14-24(17)29(26,27)21-9-6-8-19(15-21)22(25)23(2)16-18-10-12-20(28-3)13-11-18/h6,8-13,15,17H,4-5,7,14,16H2,1-3H3/t17-/m0/s1. The van der Waals surface area contributed by atoms with Gasteiger partial charge >= 0.3 is 0 Å². The third-order valence-corrected chi connectivity index (χ3v) is 8.11. The summed E-state index contributed by atoms with van der Waals surface area (Å²) in [5.41, 5.74) is 1.42. The quantitative estimate of drug-likeness (QED) is 0.641. The van der Waals surface area contributed by atoms with Gasteiger partial charge in [-0.1, -0.05) is 24.6 Å². The Kier molecular flexibility index (Phi) is 7.03. The number of hydrogen-bond acceptors (Lipinski definition) is 4. The first-order chi connectivity index (χ1) is 13.8. The van der Waals surface area contributed by atoms with Crippen LogP contribution >= 0.6 is 11.8 Å². The van der Waals surface area contributed by atoms with Gasteiger partial charge in [-0.15, -0.1) is 11.8 Å². The average Bonchev–Trinajstić information content (AvgIpc) is 2.74. The lowest BCUT2D eigenvalue weighted by Gasteiger charge is -2.32. The summed E-state index contributed by atoms with van der Waals surface area (Å²) in [6.07, 6.45) is 4.82. The fourth-order valence-electron chi connectivity index (χ4n) is 3.65. The molecular formula is C22H28N2O3S2. The van der Waals surface area contributed by atoms with Crippen LogP contribution in [0.2, 0.25) is 0 Å². The number of carbonyl (C=O) groups is 1. The van der Waals surface area contributed by atoms with Gasteiger partial charge in [0.1, 0.15) is 0 Å². The third-order valence-electron chi connectivity index (χ3n) is 5.36. The largest absolute Gasteiger partial charge is 0.337 e. The molecule has 1 aliphatic rings. The van der Waals surface area contributed by atoms with E-state index in [0.717, 1.165) is 24.8 Å². The predicted octanol–water partition coefficient (Wildman–Crippen LogP) is 4.24. The molecule has 1 aliphatic heterocycles. The lowest BCUT2D eigenvalue weighted by atomic mass is 10.1. The fraction of sp³-hybridized carbons (Fsp3) is 0.409. The smallest absolute Gasteiger partial charge is 0.253 e. The molecule has 29 heavy (non-hydrogen) atoms. The van der Waals surface area contributed by atoms with Gasteiger partial charge in [0.25, 0.3) is 5.91 Å². The predicted molar refractivity (Wildman–Crippen MR) is 118 cm³/mol. The number of amides is 1. The van der Waals surface area contributed by atoms with Gasteiger partial charge in [-0.3, -0.25) is 4.79 Å². The summed E-state index contributed by atoms with van der Waals surface area (Å²) in [5, 5.41) is 0. The summed E-state index contributed by atoms with van der Waals surface area (Å²) in [6.45, 7) is 2.95. The second-order valence-corrected chi connectivity index (χ2v) is 10.3. The number of piperidine rings is 1. The van der Waals surface area contributed by atoms with E-state index < -0.39 is 10.0 Å². The molecule has 0 unspecified atom stereocenters. The van der Waals surface area contributed by atoms with Crippen molar-refractivity contribution in [1.29, 1.82) is 0 Å². The lowest BCUT2D eigenvalue weighted by molar-refractivity contribution is 0.0785. The van der Waals surface area contributed by atoms with Crippen LogP contribution in [0, 0.1) is 0 Å². The topological polar surface area (TPSA) is 57.7 Å². The first-order valence-corrected chi connectivity index (χ1v) is 12.5. The van der Waals surface area contributed by atoms with Crippen LogP contribution in [0.3, 0.4) is 0 Å². The van der Waals surface area contributed by atoms with E-state index in [1.54, 1.807) is 46.2 Å². The molecule has 1 saturated heterocycles. The van der Waals surface area contributed by atoms with E-state index in [9.17, 15) is 13.2 Å². The summed E-state index contributed by atoms with van der Waals surface area (Å²) in [4.78, 5) is 15.9. The van der Waals surface area contributed by atoms with Crippen molar-refractivity contribution in [3.05, 3.63) is 59.7 Å². The summed E-state index contributed by atoms with van der Waals surface area (Å²) < 4.78 is 27.8. The van der Waals surface area contributed by atoms with Crippen LogP contribution in [0.5, 0.6) is 0 Å². The van der Waals surface area contributed by atoms with E-state index in [1.807, 2.05) is 37.4 Å². The second-order valence-electron chi connectivity index (χ2n) is 7.50. The third kappa shape index (κ3) is 5.02. The Morgan fingerprint density at radius 3 is 2.55 bits per heavy atom. The van der Waals surface area contributed by atoms with Crippen LogP contribution in [0.1, 0.15) is 42.1 Å². The van der Waals surface area contributed by atoms with E-state index in [4.69, 9.17) is 0 Å². The molecule has 2 aromatic rings. The Morgan fingerprint density at radius 2 is 1.90 bits per heavy atom. The Morgan fingerprint density at radius 1 is 1.17 bits per heavy atom. The van der Waals surface area contributed by atoms with Gasteiger partial charge in [-0.25, -0.2) is 8.42 Å². The number of rotatable bonds is 6. The Bertz CT molecular complexity index is 958. The summed E-state index contributed by atoms with van der Waals surface area (Å²) in [6, 6.07) is 14.5. The molecule has 3 rings (SSSR count). The minimum absolute atomic E-state index is 0.0139. The van der Waals surface area contributed by atoms with Crippen molar-refractivity contribution < 1.29 is 13.2 Å². The second kappa shape index (κ2) is 9.32. The summed E-state index contributed by atoms with van der Waals surface area (Å²) in [5.74, 6) is -0.192. The molecule has 1 atom stereocenters. The SMILES string of the molecule is CSc1ccc(CN(C)C(=O)c2cccc(S(=O)(=O)N3CCCC[C@@H]3C)c2)cc1. The number of hydrogen-bond donors (Lipinski definition) is 0. The maximum absolute atomic E-state index is 13.1. The molecular weight excluding hydrogens is 404 g/mol. The first-order valence-electron chi connectivity index (χ1n) is 9.83. The van der Waals surface area contributed by atoms with Crippen molar-refractivity contribution in [3.63, 3.8) is 0 Å².